The minimum absolute atomic E-state index is 0.261. The molecule has 19 heavy (non-hydrogen) atoms. The molecule has 1 aromatic carbocycles. The van der Waals surface area contributed by atoms with Gasteiger partial charge < -0.3 is 11.1 Å². The molecule has 1 rings (SSSR count). The van der Waals surface area contributed by atoms with Crippen LogP contribution in [-0.4, -0.2) is 24.5 Å². The van der Waals surface area contributed by atoms with E-state index >= 15 is 0 Å². The van der Waals surface area contributed by atoms with Gasteiger partial charge in [-0.2, -0.15) is 0 Å². The van der Waals surface area contributed by atoms with Crippen molar-refractivity contribution in [2.45, 2.75) is 26.3 Å². The Labute approximate surface area is 111 Å². The van der Waals surface area contributed by atoms with Crippen LogP contribution in [0.4, 0.5) is 9.18 Å². The molecule has 0 aliphatic heterocycles. The zero-order chi connectivity index (χ0) is 14.4. The maximum atomic E-state index is 12.9. The van der Waals surface area contributed by atoms with E-state index in [9.17, 15) is 14.0 Å². The third-order valence-corrected chi connectivity index (χ3v) is 2.79. The monoisotopic (exact) mass is 267 g/mol. The Morgan fingerprint density at radius 2 is 2.11 bits per heavy atom. The van der Waals surface area contributed by atoms with Crippen molar-refractivity contribution in [1.82, 2.24) is 10.6 Å². The van der Waals surface area contributed by atoms with Gasteiger partial charge in [0.2, 0.25) is 5.91 Å². The molecule has 0 spiro atoms. The fraction of sp³-hybridized carbons (Fsp3) is 0.385. The van der Waals surface area contributed by atoms with Gasteiger partial charge in [-0.05, 0) is 50.1 Å². The van der Waals surface area contributed by atoms with Crippen LogP contribution in [0.15, 0.2) is 18.2 Å². The van der Waals surface area contributed by atoms with Gasteiger partial charge in [-0.15, -0.1) is 0 Å². The first-order valence-electron chi connectivity index (χ1n) is 5.99. The maximum absolute atomic E-state index is 12.9. The Kier molecular flexibility index (Phi) is 5.44. The summed E-state index contributed by atoms with van der Waals surface area (Å²) < 4.78 is 12.9. The first-order valence-corrected chi connectivity index (χ1v) is 5.99. The number of amides is 3. The van der Waals surface area contributed by atoms with Crippen molar-refractivity contribution < 1.29 is 14.0 Å². The molecule has 3 amide bonds. The van der Waals surface area contributed by atoms with E-state index in [1.165, 1.54) is 12.1 Å². The van der Waals surface area contributed by atoms with Crippen LogP contribution in [-0.2, 0) is 11.2 Å². The van der Waals surface area contributed by atoms with E-state index in [-0.39, 0.29) is 5.82 Å². The predicted molar refractivity (Wildman–Crippen MR) is 70.0 cm³/mol. The lowest BCUT2D eigenvalue weighted by Gasteiger charge is -2.13. The van der Waals surface area contributed by atoms with Crippen molar-refractivity contribution in [2.24, 2.45) is 5.73 Å². The molecular weight excluding hydrogens is 249 g/mol. The average molecular weight is 267 g/mol. The second-order valence-corrected chi connectivity index (χ2v) is 4.35. The third-order valence-electron chi connectivity index (χ3n) is 2.79. The molecule has 0 aliphatic carbocycles. The molecule has 104 valence electrons. The summed E-state index contributed by atoms with van der Waals surface area (Å²) in [4.78, 5) is 21.9. The molecular formula is C13H18FN3O2. The second kappa shape index (κ2) is 6.84. The largest absolute Gasteiger partial charge is 0.351 e. The Bertz CT molecular complexity index is 477. The lowest BCUT2D eigenvalue weighted by Crippen LogP contribution is -2.46. The second-order valence-electron chi connectivity index (χ2n) is 4.35. The predicted octanol–water partition coefficient (Wildman–Crippen LogP) is 0.850. The van der Waals surface area contributed by atoms with Crippen LogP contribution in [0.3, 0.4) is 0 Å². The number of halogens is 1. The fourth-order valence-corrected chi connectivity index (χ4v) is 1.69. The molecule has 0 heterocycles. The van der Waals surface area contributed by atoms with Gasteiger partial charge in [0, 0.05) is 0 Å². The van der Waals surface area contributed by atoms with Crippen LogP contribution in [0.25, 0.3) is 0 Å². The van der Waals surface area contributed by atoms with Crippen molar-refractivity contribution in [3.63, 3.8) is 0 Å². The average Bonchev–Trinajstić information content (AvgIpc) is 2.30. The summed E-state index contributed by atoms with van der Waals surface area (Å²) in [5.41, 5.74) is 6.73. The third kappa shape index (κ3) is 5.05. The number of benzene rings is 1. The summed E-state index contributed by atoms with van der Waals surface area (Å²) in [5.74, 6) is -0.730. The first kappa shape index (κ1) is 15.1. The smallest absolute Gasteiger partial charge is 0.318 e. The van der Waals surface area contributed by atoms with Crippen molar-refractivity contribution in [3.8, 4) is 0 Å². The van der Waals surface area contributed by atoms with Gasteiger partial charge >= 0.3 is 6.03 Å². The van der Waals surface area contributed by atoms with Crippen molar-refractivity contribution >= 4 is 11.9 Å². The van der Waals surface area contributed by atoms with E-state index in [0.717, 1.165) is 11.1 Å². The number of nitrogens with two attached hydrogens (primary N) is 1. The van der Waals surface area contributed by atoms with Gasteiger partial charge in [-0.3, -0.25) is 10.1 Å². The highest BCUT2D eigenvalue weighted by molar-refractivity contribution is 5.96. The minimum Gasteiger partial charge on any atom is -0.351 e. The molecule has 0 aliphatic rings. The summed E-state index contributed by atoms with van der Waals surface area (Å²) >= 11 is 0. The molecule has 0 radical (unpaired) electrons. The van der Waals surface area contributed by atoms with Crippen LogP contribution >= 0.6 is 0 Å². The van der Waals surface area contributed by atoms with Gasteiger partial charge in [-0.1, -0.05) is 6.07 Å². The van der Waals surface area contributed by atoms with E-state index < -0.39 is 18.0 Å². The zero-order valence-electron chi connectivity index (χ0n) is 11.0. The quantitative estimate of drug-likeness (QED) is 0.739. The van der Waals surface area contributed by atoms with Crippen LogP contribution in [0.2, 0.25) is 0 Å². The molecule has 1 atom stereocenters. The molecule has 0 saturated carbocycles. The van der Waals surface area contributed by atoms with E-state index in [0.29, 0.717) is 13.0 Å². The van der Waals surface area contributed by atoms with E-state index in [2.05, 4.69) is 5.32 Å². The van der Waals surface area contributed by atoms with Gasteiger partial charge in [0.25, 0.3) is 0 Å². The van der Waals surface area contributed by atoms with E-state index in [1.54, 1.807) is 13.0 Å². The Morgan fingerprint density at radius 3 is 2.68 bits per heavy atom. The van der Waals surface area contributed by atoms with Crippen LogP contribution in [0, 0.1) is 12.7 Å². The Morgan fingerprint density at radius 1 is 1.42 bits per heavy atom. The van der Waals surface area contributed by atoms with Gasteiger partial charge in [0.05, 0.1) is 6.04 Å². The lowest BCUT2D eigenvalue weighted by molar-refractivity contribution is -0.121. The number of hydrogen-bond donors (Lipinski definition) is 3. The minimum atomic E-state index is -0.868. The highest BCUT2D eigenvalue weighted by Crippen LogP contribution is 2.10. The SMILES string of the molecule is Cc1cc(F)ccc1CCNC(C)C(=O)NC(N)=O. The standard InChI is InChI=1S/C13H18FN3O2/c1-8-7-11(14)4-3-10(8)5-6-16-9(2)12(18)17-13(15)19/h3-4,7,9,16H,5-6H2,1-2H3,(H3,15,17,18,19). The fourth-order valence-electron chi connectivity index (χ4n) is 1.69. The van der Waals surface area contributed by atoms with E-state index in [4.69, 9.17) is 5.73 Å². The number of hydrogen-bond acceptors (Lipinski definition) is 3. The number of aryl methyl sites for hydroxylation is 1. The Balaban J connectivity index is 2.41. The summed E-state index contributed by atoms with van der Waals surface area (Å²) in [6.07, 6.45) is 0.667. The molecule has 1 aromatic rings. The summed E-state index contributed by atoms with van der Waals surface area (Å²) in [6.45, 7) is 4.01. The zero-order valence-corrected chi connectivity index (χ0v) is 11.0. The molecule has 0 saturated heterocycles. The van der Waals surface area contributed by atoms with Gasteiger partial charge in [0.1, 0.15) is 5.82 Å². The van der Waals surface area contributed by atoms with Crippen LogP contribution in [0.5, 0.6) is 0 Å². The molecule has 6 heteroatoms. The number of urea groups is 1. The summed E-state index contributed by atoms with van der Waals surface area (Å²) in [7, 11) is 0. The van der Waals surface area contributed by atoms with Crippen molar-refractivity contribution in [3.05, 3.63) is 35.1 Å². The van der Waals surface area contributed by atoms with E-state index in [1.807, 2.05) is 12.2 Å². The number of carbonyl (C=O) groups excluding carboxylic acids is 2. The normalized spacial score (nSPS) is 11.9. The van der Waals surface area contributed by atoms with Gasteiger partial charge in [0.15, 0.2) is 0 Å². The molecule has 0 bridgehead atoms. The molecule has 0 fully saturated rings. The topological polar surface area (TPSA) is 84.2 Å². The van der Waals surface area contributed by atoms with Crippen LogP contribution < -0.4 is 16.4 Å². The molecule has 5 nitrogen and oxygen atoms in total. The molecule has 0 aromatic heterocycles. The summed E-state index contributed by atoms with van der Waals surface area (Å²) in [5, 5.41) is 4.96. The molecule has 4 N–H and O–H groups in total. The molecule has 1 unspecified atom stereocenters. The lowest BCUT2D eigenvalue weighted by atomic mass is 10.1. The van der Waals surface area contributed by atoms with Crippen LogP contribution in [0.1, 0.15) is 18.1 Å². The van der Waals surface area contributed by atoms with Gasteiger partial charge in [-0.25, -0.2) is 9.18 Å². The highest BCUT2D eigenvalue weighted by atomic mass is 19.1. The number of primary amides is 1. The Hall–Kier alpha value is -1.95. The maximum Gasteiger partial charge on any atom is 0.318 e. The number of carbonyl (C=O) groups is 2. The number of rotatable bonds is 5. The first-order chi connectivity index (χ1) is 8.90. The highest BCUT2D eigenvalue weighted by Gasteiger charge is 2.13. The van der Waals surface area contributed by atoms with Crippen molar-refractivity contribution in [1.29, 1.82) is 0 Å². The number of nitrogens with one attached hydrogen (secondary N) is 2. The summed E-state index contributed by atoms with van der Waals surface area (Å²) in [6, 6.07) is 3.21. The van der Waals surface area contributed by atoms with Crippen molar-refractivity contribution in [2.75, 3.05) is 6.54 Å². The number of imide groups is 1.